The molecule has 2 N–H and O–H groups in total. The number of methoxy groups -OCH3 is 1. The number of nitrogens with two attached hydrogens (primary N) is 1. The van der Waals surface area contributed by atoms with E-state index in [0.29, 0.717) is 12.5 Å². The van der Waals surface area contributed by atoms with E-state index in [-0.39, 0.29) is 0 Å². The van der Waals surface area contributed by atoms with Crippen LogP contribution in [0.4, 0.5) is 0 Å². The van der Waals surface area contributed by atoms with Crippen LogP contribution in [0.25, 0.3) is 10.2 Å². The molecule has 2 rings (SSSR count). The average Bonchev–Trinajstić information content (AvgIpc) is 2.72. The minimum Gasteiger partial charge on any atom is -0.497 e. The van der Waals surface area contributed by atoms with Crippen LogP contribution < -0.4 is 10.5 Å². The molecule has 3 nitrogen and oxygen atoms in total. The van der Waals surface area contributed by atoms with Crippen molar-refractivity contribution in [3.8, 4) is 5.75 Å². The Kier molecular flexibility index (Phi) is 3.41. The Morgan fingerprint density at radius 1 is 1.50 bits per heavy atom. The van der Waals surface area contributed by atoms with Gasteiger partial charge < -0.3 is 10.5 Å². The molecule has 0 amide bonds. The standard InChI is InChI=1S/C12H16N2OS/c1-3-8(7-13)12-14-10-5-4-9(15-2)6-11(10)16-12/h4-6,8H,3,7,13H2,1-2H3. The minimum absolute atomic E-state index is 0.378. The average molecular weight is 236 g/mol. The predicted molar refractivity (Wildman–Crippen MR) is 68.3 cm³/mol. The maximum atomic E-state index is 5.74. The Balaban J connectivity index is 2.43. The second-order valence-electron chi connectivity index (χ2n) is 3.73. The van der Waals surface area contributed by atoms with Gasteiger partial charge in [0.1, 0.15) is 5.75 Å². The Morgan fingerprint density at radius 3 is 2.94 bits per heavy atom. The molecule has 0 saturated heterocycles. The van der Waals surface area contributed by atoms with E-state index in [2.05, 4.69) is 11.9 Å². The van der Waals surface area contributed by atoms with Gasteiger partial charge in [-0.1, -0.05) is 6.92 Å². The smallest absolute Gasteiger partial charge is 0.120 e. The van der Waals surface area contributed by atoms with Gasteiger partial charge in [-0.3, -0.25) is 0 Å². The zero-order valence-corrected chi connectivity index (χ0v) is 10.4. The molecule has 4 heteroatoms. The van der Waals surface area contributed by atoms with Gasteiger partial charge in [0.05, 0.1) is 22.3 Å². The van der Waals surface area contributed by atoms with Crippen LogP contribution in [0.5, 0.6) is 5.75 Å². The third-order valence-electron chi connectivity index (χ3n) is 2.74. The lowest BCUT2D eigenvalue weighted by molar-refractivity contribution is 0.415. The van der Waals surface area contributed by atoms with Crippen LogP contribution in [0.15, 0.2) is 18.2 Å². The molecule has 1 unspecified atom stereocenters. The summed E-state index contributed by atoms with van der Waals surface area (Å²) in [6.45, 7) is 2.80. The van der Waals surface area contributed by atoms with Crippen molar-refractivity contribution in [2.75, 3.05) is 13.7 Å². The van der Waals surface area contributed by atoms with Crippen LogP contribution in [0.2, 0.25) is 0 Å². The van der Waals surface area contributed by atoms with Gasteiger partial charge in [-0.15, -0.1) is 11.3 Å². The fourth-order valence-electron chi connectivity index (χ4n) is 1.67. The molecule has 0 aliphatic rings. The Hall–Kier alpha value is -1.13. The van der Waals surface area contributed by atoms with Crippen molar-refractivity contribution in [2.45, 2.75) is 19.3 Å². The third kappa shape index (κ3) is 2.03. The van der Waals surface area contributed by atoms with Gasteiger partial charge in [-0.25, -0.2) is 4.98 Å². The summed E-state index contributed by atoms with van der Waals surface area (Å²) in [5.74, 6) is 1.26. The normalized spacial score (nSPS) is 12.9. The molecule has 0 radical (unpaired) electrons. The highest BCUT2D eigenvalue weighted by Crippen LogP contribution is 2.30. The molecule has 0 fully saturated rings. The molecule has 0 spiro atoms. The summed E-state index contributed by atoms with van der Waals surface area (Å²) in [5, 5.41) is 1.13. The van der Waals surface area contributed by atoms with Gasteiger partial charge in [0.15, 0.2) is 0 Å². The van der Waals surface area contributed by atoms with Crippen LogP contribution in [0, 0.1) is 0 Å². The lowest BCUT2D eigenvalue weighted by Gasteiger charge is -2.06. The van der Waals surface area contributed by atoms with E-state index >= 15 is 0 Å². The molecular weight excluding hydrogens is 220 g/mol. The second kappa shape index (κ2) is 4.80. The van der Waals surface area contributed by atoms with E-state index in [1.807, 2.05) is 18.2 Å². The summed E-state index contributed by atoms with van der Waals surface area (Å²) in [6.07, 6.45) is 1.04. The summed E-state index contributed by atoms with van der Waals surface area (Å²) in [5.41, 5.74) is 6.77. The first-order chi connectivity index (χ1) is 7.78. The SMILES string of the molecule is CCC(CN)c1nc2ccc(OC)cc2s1. The number of ether oxygens (including phenoxy) is 1. The summed E-state index contributed by atoms with van der Waals surface area (Å²) >= 11 is 1.71. The molecule has 86 valence electrons. The monoisotopic (exact) mass is 236 g/mol. The predicted octanol–water partition coefficient (Wildman–Crippen LogP) is 2.76. The zero-order valence-electron chi connectivity index (χ0n) is 9.56. The largest absolute Gasteiger partial charge is 0.497 e. The number of hydrogen-bond donors (Lipinski definition) is 1. The summed E-state index contributed by atoms with van der Waals surface area (Å²) in [4.78, 5) is 4.61. The highest BCUT2D eigenvalue weighted by Gasteiger charge is 2.13. The number of hydrogen-bond acceptors (Lipinski definition) is 4. The van der Waals surface area contributed by atoms with Gasteiger partial charge in [-0.2, -0.15) is 0 Å². The van der Waals surface area contributed by atoms with Crippen molar-refractivity contribution in [3.05, 3.63) is 23.2 Å². The first kappa shape index (κ1) is 11.4. The van der Waals surface area contributed by atoms with E-state index in [1.165, 1.54) is 4.70 Å². The van der Waals surface area contributed by atoms with Crippen LogP contribution in [-0.4, -0.2) is 18.6 Å². The topological polar surface area (TPSA) is 48.1 Å². The van der Waals surface area contributed by atoms with Gasteiger partial charge >= 0.3 is 0 Å². The number of aromatic nitrogens is 1. The maximum Gasteiger partial charge on any atom is 0.120 e. The fraction of sp³-hybridized carbons (Fsp3) is 0.417. The number of nitrogens with zero attached hydrogens (tertiary/aromatic N) is 1. The Bertz CT molecular complexity index is 477. The van der Waals surface area contributed by atoms with E-state index < -0.39 is 0 Å². The van der Waals surface area contributed by atoms with Crippen LogP contribution in [0.3, 0.4) is 0 Å². The van der Waals surface area contributed by atoms with Crippen LogP contribution in [0.1, 0.15) is 24.3 Å². The summed E-state index contributed by atoms with van der Waals surface area (Å²) < 4.78 is 6.37. The van der Waals surface area contributed by atoms with Crippen molar-refractivity contribution < 1.29 is 4.74 Å². The van der Waals surface area contributed by atoms with E-state index in [9.17, 15) is 0 Å². The molecule has 0 saturated carbocycles. The van der Waals surface area contributed by atoms with E-state index in [4.69, 9.17) is 10.5 Å². The van der Waals surface area contributed by atoms with Crippen LogP contribution >= 0.6 is 11.3 Å². The molecule has 2 aromatic rings. The lowest BCUT2D eigenvalue weighted by Crippen LogP contribution is -2.10. The van der Waals surface area contributed by atoms with Crippen molar-refractivity contribution in [1.82, 2.24) is 4.98 Å². The van der Waals surface area contributed by atoms with Crippen molar-refractivity contribution in [2.24, 2.45) is 5.73 Å². The van der Waals surface area contributed by atoms with E-state index in [1.54, 1.807) is 18.4 Å². The van der Waals surface area contributed by atoms with Gasteiger partial charge in [0.25, 0.3) is 0 Å². The highest BCUT2D eigenvalue weighted by molar-refractivity contribution is 7.18. The minimum atomic E-state index is 0.378. The number of rotatable bonds is 4. The zero-order chi connectivity index (χ0) is 11.5. The maximum absolute atomic E-state index is 5.74. The van der Waals surface area contributed by atoms with Crippen molar-refractivity contribution in [3.63, 3.8) is 0 Å². The molecule has 0 aliphatic carbocycles. The molecule has 1 aromatic carbocycles. The third-order valence-corrected chi connectivity index (χ3v) is 3.92. The molecule has 1 aromatic heterocycles. The molecule has 1 heterocycles. The fourth-order valence-corrected chi connectivity index (χ4v) is 2.86. The molecular formula is C12H16N2OS. The first-order valence-electron chi connectivity index (χ1n) is 5.43. The molecule has 16 heavy (non-hydrogen) atoms. The van der Waals surface area contributed by atoms with Gasteiger partial charge in [-0.05, 0) is 24.6 Å². The first-order valence-corrected chi connectivity index (χ1v) is 6.24. The second-order valence-corrected chi connectivity index (χ2v) is 4.79. The van der Waals surface area contributed by atoms with Crippen molar-refractivity contribution in [1.29, 1.82) is 0 Å². The number of fused-ring (bicyclic) bond motifs is 1. The molecule has 0 bridgehead atoms. The van der Waals surface area contributed by atoms with Gasteiger partial charge in [0, 0.05) is 12.5 Å². The number of benzene rings is 1. The summed E-state index contributed by atoms with van der Waals surface area (Å²) in [6, 6.07) is 5.96. The van der Waals surface area contributed by atoms with Crippen LogP contribution in [-0.2, 0) is 0 Å². The van der Waals surface area contributed by atoms with E-state index in [0.717, 1.165) is 22.7 Å². The molecule has 1 atom stereocenters. The highest BCUT2D eigenvalue weighted by atomic mass is 32.1. The molecule has 0 aliphatic heterocycles. The van der Waals surface area contributed by atoms with Gasteiger partial charge in [0.2, 0.25) is 0 Å². The Labute approximate surface area is 99.3 Å². The number of thiazole rings is 1. The lowest BCUT2D eigenvalue weighted by atomic mass is 10.1. The quantitative estimate of drug-likeness (QED) is 0.888. The Morgan fingerprint density at radius 2 is 2.31 bits per heavy atom. The summed E-state index contributed by atoms with van der Waals surface area (Å²) in [7, 11) is 1.68. The van der Waals surface area contributed by atoms with Crippen molar-refractivity contribution >= 4 is 21.6 Å².